The van der Waals surface area contributed by atoms with E-state index in [1.165, 1.54) is 19.3 Å². The molecule has 4 rings (SSSR count). The molecule has 3 nitrogen and oxygen atoms in total. The number of hydrogen-bond acceptors (Lipinski definition) is 2. The number of nitrogens with zero attached hydrogens (tertiary/aromatic N) is 2. The molecular weight excluding hydrogens is 296 g/mol. The largest absolute Gasteiger partial charge is 0.301 e. The van der Waals surface area contributed by atoms with Crippen LogP contribution in [0.5, 0.6) is 0 Å². The molecule has 3 aromatic rings. The van der Waals surface area contributed by atoms with Crippen LogP contribution in [0, 0.1) is 0 Å². The zero-order valence-corrected chi connectivity index (χ0v) is 13.8. The Morgan fingerprint density at radius 3 is 2.42 bits per heavy atom. The van der Waals surface area contributed by atoms with Crippen LogP contribution in [0.25, 0.3) is 11.0 Å². The average Bonchev–Trinajstić information content (AvgIpc) is 2.65. The second kappa shape index (κ2) is 6.60. The molecule has 2 aromatic carbocycles. The molecule has 0 spiro atoms. The van der Waals surface area contributed by atoms with E-state index in [1.54, 1.807) is 0 Å². The van der Waals surface area contributed by atoms with Crippen molar-refractivity contribution >= 4 is 11.0 Å². The van der Waals surface area contributed by atoms with Crippen LogP contribution in [0.1, 0.15) is 49.3 Å². The second-order valence-electron chi connectivity index (χ2n) is 6.70. The maximum Gasteiger partial charge on any atom is 0.273 e. The standard InChI is InChI=1S/C21H22N2O/c24-21-20(17-11-5-2-6-12-17)22-18-13-7-8-14-19(18)23(21)15-16-9-3-1-4-10-16/h1,3-4,7-10,13-14,17H,2,5-6,11-12,15H2. The molecule has 1 heterocycles. The van der Waals surface area contributed by atoms with Crippen molar-refractivity contribution in [3.63, 3.8) is 0 Å². The van der Waals surface area contributed by atoms with E-state index >= 15 is 0 Å². The minimum Gasteiger partial charge on any atom is -0.301 e. The highest BCUT2D eigenvalue weighted by Gasteiger charge is 2.22. The van der Waals surface area contributed by atoms with E-state index in [-0.39, 0.29) is 5.56 Å². The van der Waals surface area contributed by atoms with Gasteiger partial charge in [-0.3, -0.25) is 4.79 Å². The lowest BCUT2D eigenvalue weighted by atomic mass is 9.87. The molecule has 3 heteroatoms. The minimum atomic E-state index is 0.0875. The first kappa shape index (κ1) is 15.1. The molecule has 1 aliphatic rings. The van der Waals surface area contributed by atoms with E-state index in [1.807, 2.05) is 47.0 Å². The molecule has 0 aliphatic heterocycles. The normalized spacial score (nSPS) is 15.7. The van der Waals surface area contributed by atoms with E-state index in [2.05, 4.69) is 12.1 Å². The van der Waals surface area contributed by atoms with Gasteiger partial charge in [0.25, 0.3) is 5.56 Å². The molecule has 1 saturated carbocycles. The van der Waals surface area contributed by atoms with Gasteiger partial charge in [0.2, 0.25) is 0 Å². The van der Waals surface area contributed by atoms with E-state index in [9.17, 15) is 4.79 Å². The van der Waals surface area contributed by atoms with Gasteiger partial charge in [0.05, 0.1) is 17.6 Å². The third-order valence-electron chi connectivity index (χ3n) is 5.05. The topological polar surface area (TPSA) is 34.9 Å². The van der Waals surface area contributed by atoms with Crippen molar-refractivity contribution in [2.24, 2.45) is 0 Å². The molecule has 122 valence electrons. The molecule has 0 unspecified atom stereocenters. The summed E-state index contributed by atoms with van der Waals surface area (Å²) in [6.07, 6.45) is 5.87. The Kier molecular flexibility index (Phi) is 4.16. The molecular formula is C21H22N2O. The summed E-state index contributed by atoms with van der Waals surface area (Å²) in [6.45, 7) is 0.600. The van der Waals surface area contributed by atoms with Crippen LogP contribution >= 0.6 is 0 Å². The quantitative estimate of drug-likeness (QED) is 0.713. The summed E-state index contributed by atoms with van der Waals surface area (Å²) in [5.74, 6) is 0.317. The molecule has 0 radical (unpaired) electrons. The summed E-state index contributed by atoms with van der Waals surface area (Å²) in [6, 6.07) is 18.2. The molecule has 24 heavy (non-hydrogen) atoms. The van der Waals surface area contributed by atoms with Gasteiger partial charge in [-0.05, 0) is 30.5 Å². The van der Waals surface area contributed by atoms with Crippen molar-refractivity contribution in [1.82, 2.24) is 9.55 Å². The van der Waals surface area contributed by atoms with Crippen molar-refractivity contribution in [1.29, 1.82) is 0 Å². The second-order valence-corrected chi connectivity index (χ2v) is 6.70. The summed E-state index contributed by atoms with van der Waals surface area (Å²) in [7, 11) is 0. The van der Waals surface area contributed by atoms with Gasteiger partial charge in [0.15, 0.2) is 0 Å². The third kappa shape index (κ3) is 2.86. The molecule has 0 atom stereocenters. The Labute approximate surface area is 142 Å². The fourth-order valence-electron chi connectivity index (χ4n) is 3.78. The van der Waals surface area contributed by atoms with Crippen LogP contribution in [0.3, 0.4) is 0 Å². The zero-order chi connectivity index (χ0) is 16.4. The summed E-state index contributed by atoms with van der Waals surface area (Å²) in [5, 5.41) is 0. The van der Waals surface area contributed by atoms with Crippen molar-refractivity contribution in [2.75, 3.05) is 0 Å². The lowest BCUT2D eigenvalue weighted by molar-refractivity contribution is 0.432. The van der Waals surface area contributed by atoms with Crippen molar-refractivity contribution in [3.8, 4) is 0 Å². The van der Waals surface area contributed by atoms with Crippen LogP contribution in [0.15, 0.2) is 59.4 Å². The predicted molar refractivity (Wildman–Crippen MR) is 97.4 cm³/mol. The molecule has 0 saturated heterocycles. The van der Waals surface area contributed by atoms with Gasteiger partial charge >= 0.3 is 0 Å². The number of rotatable bonds is 3. The first-order chi connectivity index (χ1) is 11.8. The maximum atomic E-state index is 13.2. The van der Waals surface area contributed by atoms with Crippen LogP contribution in [-0.2, 0) is 6.54 Å². The Balaban J connectivity index is 1.86. The highest BCUT2D eigenvalue weighted by molar-refractivity contribution is 5.74. The first-order valence-corrected chi connectivity index (χ1v) is 8.86. The smallest absolute Gasteiger partial charge is 0.273 e. The van der Waals surface area contributed by atoms with Crippen molar-refractivity contribution in [2.45, 2.75) is 44.6 Å². The highest BCUT2D eigenvalue weighted by atomic mass is 16.1. The van der Waals surface area contributed by atoms with Gasteiger partial charge < -0.3 is 4.57 Å². The number of hydrogen-bond donors (Lipinski definition) is 0. The Morgan fingerprint density at radius 2 is 1.62 bits per heavy atom. The van der Waals surface area contributed by atoms with E-state index in [4.69, 9.17) is 4.98 Å². The summed E-state index contributed by atoms with van der Waals surface area (Å²) in [4.78, 5) is 18.0. The average molecular weight is 318 g/mol. The molecule has 0 bridgehead atoms. The minimum absolute atomic E-state index is 0.0875. The SMILES string of the molecule is O=c1c(C2CCCCC2)nc2ccccc2n1Cc1ccccc1. The van der Waals surface area contributed by atoms with E-state index in [0.29, 0.717) is 12.5 Å². The predicted octanol–water partition coefficient (Wildman–Crippen LogP) is 4.49. The van der Waals surface area contributed by atoms with Gasteiger partial charge in [0, 0.05) is 5.92 Å². The summed E-state index contributed by atoms with van der Waals surface area (Å²) in [5.41, 5.74) is 3.85. The summed E-state index contributed by atoms with van der Waals surface area (Å²) < 4.78 is 1.90. The number of benzene rings is 2. The van der Waals surface area contributed by atoms with Crippen LogP contribution < -0.4 is 5.56 Å². The molecule has 0 amide bonds. The zero-order valence-electron chi connectivity index (χ0n) is 13.8. The van der Waals surface area contributed by atoms with Gasteiger partial charge in [0.1, 0.15) is 5.69 Å². The van der Waals surface area contributed by atoms with E-state index in [0.717, 1.165) is 35.1 Å². The Bertz CT molecular complexity index is 893. The number of aromatic nitrogens is 2. The fraction of sp³-hybridized carbons (Fsp3) is 0.333. The summed E-state index contributed by atoms with van der Waals surface area (Å²) >= 11 is 0. The monoisotopic (exact) mass is 318 g/mol. The maximum absolute atomic E-state index is 13.2. The number of para-hydroxylation sites is 2. The Hall–Kier alpha value is -2.42. The first-order valence-electron chi connectivity index (χ1n) is 8.86. The van der Waals surface area contributed by atoms with Gasteiger partial charge in [-0.1, -0.05) is 61.7 Å². The molecule has 1 fully saturated rings. The number of fused-ring (bicyclic) bond motifs is 1. The van der Waals surface area contributed by atoms with Gasteiger partial charge in [-0.25, -0.2) is 4.98 Å². The lowest BCUT2D eigenvalue weighted by Gasteiger charge is -2.22. The van der Waals surface area contributed by atoms with Crippen LogP contribution in [0.2, 0.25) is 0 Å². The molecule has 0 N–H and O–H groups in total. The van der Waals surface area contributed by atoms with Crippen LogP contribution in [0.4, 0.5) is 0 Å². The lowest BCUT2D eigenvalue weighted by Crippen LogP contribution is -2.28. The molecule has 1 aromatic heterocycles. The highest BCUT2D eigenvalue weighted by Crippen LogP contribution is 2.30. The fourth-order valence-corrected chi connectivity index (χ4v) is 3.78. The van der Waals surface area contributed by atoms with Gasteiger partial charge in [-0.2, -0.15) is 0 Å². The van der Waals surface area contributed by atoms with Crippen LogP contribution in [-0.4, -0.2) is 9.55 Å². The van der Waals surface area contributed by atoms with Crippen molar-refractivity contribution in [3.05, 3.63) is 76.2 Å². The van der Waals surface area contributed by atoms with E-state index < -0.39 is 0 Å². The Morgan fingerprint density at radius 1 is 0.917 bits per heavy atom. The molecule has 1 aliphatic carbocycles. The van der Waals surface area contributed by atoms with Crippen molar-refractivity contribution < 1.29 is 0 Å². The van der Waals surface area contributed by atoms with Gasteiger partial charge in [-0.15, -0.1) is 0 Å². The third-order valence-corrected chi connectivity index (χ3v) is 5.05.